The number of carboxylic acids is 1. The molecule has 144 valence electrons. The highest BCUT2D eigenvalue weighted by atomic mass is 31.1. The molecule has 0 saturated carbocycles. The fraction of sp³-hybridized carbons (Fsp3) is 0.875. The maximum absolute atomic E-state index is 12.7. The minimum absolute atomic E-state index is 0.101. The lowest BCUT2D eigenvalue weighted by atomic mass is 10.1. The van der Waals surface area contributed by atoms with Gasteiger partial charge in [-0.05, 0) is 62.5 Å². The standard InChI is InChI=1S/C16H29N2O6P/c17-9-3-2-8-14(24-25(23)12-5-1-4-11-19)15(20)18-10-6-7-13(18)16(21)22/h13-14,19H,1-12,17H2/p+1/t13-,14-/m0/s1. The zero-order chi connectivity index (χ0) is 18.7. The third-order valence-electron chi connectivity index (χ3n) is 4.26. The normalized spacial score (nSPS) is 19.0. The monoisotopic (exact) mass is 377 g/mol. The fourth-order valence-corrected chi connectivity index (χ4v) is 3.96. The molecule has 1 aliphatic rings. The molecular weight excluding hydrogens is 347 g/mol. The number of rotatable bonds is 13. The van der Waals surface area contributed by atoms with E-state index in [9.17, 15) is 19.3 Å². The van der Waals surface area contributed by atoms with E-state index in [4.69, 9.17) is 15.4 Å². The highest BCUT2D eigenvalue weighted by molar-refractivity contribution is 7.39. The van der Waals surface area contributed by atoms with Gasteiger partial charge in [-0.25, -0.2) is 4.79 Å². The Labute approximate surface area is 149 Å². The molecule has 1 heterocycles. The third-order valence-corrected chi connectivity index (χ3v) is 5.43. The van der Waals surface area contributed by atoms with Crippen molar-refractivity contribution in [1.29, 1.82) is 0 Å². The molecule has 9 heteroatoms. The van der Waals surface area contributed by atoms with Crippen LogP contribution in [0.3, 0.4) is 0 Å². The van der Waals surface area contributed by atoms with Gasteiger partial charge < -0.3 is 20.8 Å². The number of carbonyl (C=O) groups excluding carboxylic acids is 1. The van der Waals surface area contributed by atoms with Gasteiger partial charge in [-0.2, -0.15) is 0 Å². The summed E-state index contributed by atoms with van der Waals surface area (Å²) in [6, 6.07) is -0.824. The summed E-state index contributed by atoms with van der Waals surface area (Å²) in [6.07, 6.45) is 4.35. The van der Waals surface area contributed by atoms with Crippen LogP contribution in [-0.4, -0.2) is 65.0 Å². The molecule has 0 spiro atoms. The number of amides is 1. The van der Waals surface area contributed by atoms with E-state index in [1.54, 1.807) is 0 Å². The SMILES string of the molecule is NCCCC[C@H](O[P+](=O)CCCCCO)C(=O)N1CCC[C@H]1C(=O)O. The van der Waals surface area contributed by atoms with E-state index in [1.807, 2.05) is 0 Å². The summed E-state index contributed by atoms with van der Waals surface area (Å²) in [5.74, 6) is -1.40. The Morgan fingerprint density at radius 1 is 1.24 bits per heavy atom. The topological polar surface area (TPSA) is 130 Å². The first-order chi connectivity index (χ1) is 12.0. The van der Waals surface area contributed by atoms with Gasteiger partial charge in [0.15, 0.2) is 12.3 Å². The number of aliphatic hydroxyl groups is 1. The molecule has 8 nitrogen and oxygen atoms in total. The highest BCUT2D eigenvalue weighted by Crippen LogP contribution is 2.30. The molecule has 0 bridgehead atoms. The van der Waals surface area contributed by atoms with Crippen molar-refractivity contribution in [2.75, 3.05) is 25.9 Å². The molecule has 0 aliphatic carbocycles. The second-order valence-corrected chi connectivity index (χ2v) is 7.57. The van der Waals surface area contributed by atoms with Gasteiger partial charge in [-0.1, -0.05) is 0 Å². The quantitative estimate of drug-likeness (QED) is 0.327. The maximum Gasteiger partial charge on any atom is 0.508 e. The third kappa shape index (κ3) is 7.77. The van der Waals surface area contributed by atoms with Crippen LogP contribution in [0.25, 0.3) is 0 Å². The Morgan fingerprint density at radius 2 is 2.00 bits per heavy atom. The summed E-state index contributed by atoms with van der Waals surface area (Å²) in [6.45, 7) is 0.985. The van der Waals surface area contributed by atoms with E-state index < -0.39 is 26.1 Å². The molecule has 0 aromatic carbocycles. The molecule has 1 saturated heterocycles. The van der Waals surface area contributed by atoms with Gasteiger partial charge in [0.05, 0.1) is 0 Å². The second kappa shape index (κ2) is 12.3. The minimum atomic E-state index is -1.99. The zero-order valence-corrected chi connectivity index (χ0v) is 15.5. The van der Waals surface area contributed by atoms with Gasteiger partial charge >= 0.3 is 14.0 Å². The molecule has 3 atom stereocenters. The van der Waals surface area contributed by atoms with E-state index in [2.05, 4.69) is 0 Å². The van der Waals surface area contributed by atoms with Crippen LogP contribution in [0.1, 0.15) is 51.4 Å². The van der Waals surface area contributed by atoms with Gasteiger partial charge in [0.1, 0.15) is 6.04 Å². The molecule has 1 fully saturated rings. The van der Waals surface area contributed by atoms with Crippen LogP contribution in [0.5, 0.6) is 0 Å². The van der Waals surface area contributed by atoms with Gasteiger partial charge in [0.25, 0.3) is 5.91 Å². The summed E-state index contributed by atoms with van der Waals surface area (Å²) in [5, 5.41) is 18.0. The van der Waals surface area contributed by atoms with E-state index in [0.29, 0.717) is 57.8 Å². The number of aliphatic hydroxyl groups excluding tert-OH is 1. The molecule has 0 radical (unpaired) electrons. The van der Waals surface area contributed by atoms with Gasteiger partial charge in [-0.3, -0.25) is 4.79 Å². The molecule has 1 rings (SSSR count). The summed E-state index contributed by atoms with van der Waals surface area (Å²) < 4.78 is 17.6. The van der Waals surface area contributed by atoms with Crippen molar-refractivity contribution < 1.29 is 28.9 Å². The average Bonchev–Trinajstić information content (AvgIpc) is 3.07. The summed E-state index contributed by atoms with van der Waals surface area (Å²) >= 11 is 0. The number of carboxylic acid groups (broad SMARTS) is 1. The Bertz CT molecular complexity index is 448. The van der Waals surface area contributed by atoms with E-state index in [0.717, 1.165) is 12.8 Å². The minimum Gasteiger partial charge on any atom is -0.480 e. The Kier molecular flexibility index (Phi) is 10.8. The largest absolute Gasteiger partial charge is 0.508 e. The van der Waals surface area contributed by atoms with Crippen LogP contribution >= 0.6 is 8.03 Å². The van der Waals surface area contributed by atoms with Crippen LogP contribution in [0.4, 0.5) is 0 Å². The van der Waals surface area contributed by atoms with Crippen LogP contribution in [-0.2, 0) is 18.7 Å². The van der Waals surface area contributed by atoms with Gasteiger partial charge in [0.2, 0.25) is 0 Å². The number of aliphatic carboxylic acids is 1. The van der Waals surface area contributed by atoms with Crippen molar-refractivity contribution in [1.82, 2.24) is 4.90 Å². The number of hydrogen-bond acceptors (Lipinski definition) is 6. The summed E-state index contributed by atoms with van der Waals surface area (Å²) in [4.78, 5) is 25.3. The van der Waals surface area contributed by atoms with Gasteiger partial charge in [-0.15, -0.1) is 4.52 Å². The predicted octanol–water partition coefficient (Wildman–Crippen LogP) is 1.48. The fourth-order valence-electron chi connectivity index (χ4n) is 2.89. The molecule has 0 aromatic rings. The first-order valence-electron chi connectivity index (χ1n) is 8.97. The number of carbonyl (C=O) groups is 2. The smallest absolute Gasteiger partial charge is 0.480 e. The summed E-state index contributed by atoms with van der Waals surface area (Å²) in [5.41, 5.74) is 5.48. The number of hydrogen-bond donors (Lipinski definition) is 3. The highest BCUT2D eigenvalue weighted by Gasteiger charge is 2.40. The molecule has 1 aliphatic heterocycles. The van der Waals surface area contributed by atoms with Crippen molar-refractivity contribution in [2.45, 2.75) is 63.5 Å². The summed E-state index contributed by atoms with van der Waals surface area (Å²) in [7, 11) is -1.99. The van der Waals surface area contributed by atoms with E-state index in [-0.39, 0.29) is 12.5 Å². The van der Waals surface area contributed by atoms with Crippen LogP contribution in [0, 0.1) is 0 Å². The lowest BCUT2D eigenvalue weighted by Crippen LogP contribution is -2.45. The maximum atomic E-state index is 12.7. The van der Waals surface area contributed by atoms with Gasteiger partial charge in [0, 0.05) is 13.2 Å². The molecular formula is C16H30N2O6P+. The number of nitrogens with zero attached hydrogens (tertiary/aromatic N) is 1. The molecule has 1 amide bonds. The zero-order valence-electron chi connectivity index (χ0n) is 14.6. The van der Waals surface area contributed by atoms with Crippen LogP contribution < -0.4 is 5.73 Å². The lowest BCUT2D eigenvalue weighted by Gasteiger charge is -2.24. The first-order valence-corrected chi connectivity index (χ1v) is 10.3. The first kappa shape index (κ1) is 22.0. The second-order valence-electron chi connectivity index (χ2n) is 6.25. The molecule has 0 aromatic heterocycles. The van der Waals surface area contributed by atoms with Crippen LogP contribution in [0.2, 0.25) is 0 Å². The number of likely N-dealkylation sites (tertiary alicyclic amines) is 1. The van der Waals surface area contributed by atoms with Crippen molar-refractivity contribution in [3.8, 4) is 0 Å². The van der Waals surface area contributed by atoms with Crippen molar-refractivity contribution in [3.05, 3.63) is 0 Å². The number of unbranched alkanes of at least 4 members (excludes halogenated alkanes) is 3. The molecule has 4 N–H and O–H groups in total. The lowest BCUT2D eigenvalue weighted by molar-refractivity contribution is -0.151. The Hall–Kier alpha value is -1.08. The van der Waals surface area contributed by atoms with Crippen molar-refractivity contribution in [3.63, 3.8) is 0 Å². The van der Waals surface area contributed by atoms with E-state index in [1.165, 1.54) is 4.90 Å². The van der Waals surface area contributed by atoms with Crippen molar-refractivity contribution in [2.24, 2.45) is 5.73 Å². The van der Waals surface area contributed by atoms with Crippen molar-refractivity contribution >= 4 is 19.9 Å². The Morgan fingerprint density at radius 3 is 2.64 bits per heavy atom. The van der Waals surface area contributed by atoms with Crippen LogP contribution in [0.15, 0.2) is 0 Å². The molecule has 25 heavy (non-hydrogen) atoms. The Balaban J connectivity index is 2.63. The predicted molar refractivity (Wildman–Crippen MR) is 93.6 cm³/mol. The average molecular weight is 377 g/mol. The van der Waals surface area contributed by atoms with E-state index >= 15 is 0 Å². The molecule has 1 unspecified atom stereocenters. The number of nitrogens with two attached hydrogens (primary N) is 1.